The van der Waals surface area contributed by atoms with Crippen molar-refractivity contribution in [3.05, 3.63) is 39.4 Å². The fraction of sp³-hybridized carbons (Fsp3) is 0.533. The molecule has 1 aromatic rings. The zero-order chi connectivity index (χ0) is 15.4. The van der Waals surface area contributed by atoms with Gasteiger partial charge in [0.05, 0.1) is 4.92 Å². The molecule has 22 heavy (non-hydrogen) atoms. The molecule has 0 bridgehead atoms. The smallest absolute Gasteiger partial charge is 0.269 e. The van der Waals surface area contributed by atoms with Crippen molar-refractivity contribution in [3.8, 4) is 0 Å². The number of halogens is 1. The summed E-state index contributed by atoms with van der Waals surface area (Å²) in [5.74, 6) is 0.147. The lowest BCUT2D eigenvalue weighted by atomic mass is 9.84. The minimum Gasteiger partial charge on any atom is -0.349 e. The Labute approximate surface area is 136 Å². The number of amides is 1. The molecule has 7 heteroatoms. The van der Waals surface area contributed by atoms with Crippen LogP contribution in [0.15, 0.2) is 18.2 Å². The molecule has 1 amide bonds. The first-order chi connectivity index (χ1) is 10.0. The van der Waals surface area contributed by atoms with E-state index in [1.54, 1.807) is 6.92 Å². The zero-order valence-electron chi connectivity index (χ0n) is 12.6. The molecule has 1 saturated carbocycles. The van der Waals surface area contributed by atoms with E-state index in [-0.39, 0.29) is 30.0 Å². The number of carbonyl (C=O) groups excluding carboxylic acids is 1. The summed E-state index contributed by atoms with van der Waals surface area (Å²) in [6.45, 7) is 2.29. The topological polar surface area (TPSA) is 98.3 Å². The molecule has 122 valence electrons. The highest BCUT2D eigenvalue weighted by Gasteiger charge is 2.26. The molecule has 0 spiro atoms. The number of nitrogens with one attached hydrogen (secondary N) is 1. The van der Waals surface area contributed by atoms with E-state index in [0.29, 0.717) is 23.6 Å². The van der Waals surface area contributed by atoms with Crippen LogP contribution < -0.4 is 11.1 Å². The second-order valence-corrected chi connectivity index (χ2v) is 5.62. The van der Waals surface area contributed by atoms with Crippen LogP contribution in [0.5, 0.6) is 0 Å². The maximum atomic E-state index is 12.4. The Balaban J connectivity index is 0.00000242. The van der Waals surface area contributed by atoms with E-state index in [0.717, 1.165) is 25.7 Å². The summed E-state index contributed by atoms with van der Waals surface area (Å²) in [6, 6.07) is 4.41. The number of nitro benzene ring substituents is 1. The van der Waals surface area contributed by atoms with Gasteiger partial charge < -0.3 is 11.1 Å². The Morgan fingerprint density at radius 1 is 1.41 bits per heavy atom. The van der Waals surface area contributed by atoms with Crippen molar-refractivity contribution in [1.29, 1.82) is 0 Å². The molecular weight excluding hydrogens is 306 g/mol. The number of hydrogen-bond donors (Lipinski definition) is 2. The third-order valence-electron chi connectivity index (χ3n) is 4.19. The molecule has 1 aliphatic rings. The quantitative estimate of drug-likeness (QED) is 0.656. The molecule has 2 atom stereocenters. The summed E-state index contributed by atoms with van der Waals surface area (Å²) in [5.41, 5.74) is 6.87. The summed E-state index contributed by atoms with van der Waals surface area (Å²) < 4.78 is 0. The Bertz CT molecular complexity index is 551. The molecule has 1 aromatic carbocycles. The summed E-state index contributed by atoms with van der Waals surface area (Å²) >= 11 is 0. The second kappa shape index (κ2) is 8.10. The lowest BCUT2D eigenvalue weighted by Crippen LogP contribution is -2.44. The Hall–Kier alpha value is -1.66. The number of nitro groups is 1. The van der Waals surface area contributed by atoms with Gasteiger partial charge in [0.25, 0.3) is 11.6 Å². The van der Waals surface area contributed by atoms with Gasteiger partial charge >= 0.3 is 0 Å². The van der Waals surface area contributed by atoms with Gasteiger partial charge in [-0.3, -0.25) is 14.9 Å². The average molecular weight is 328 g/mol. The zero-order valence-corrected chi connectivity index (χ0v) is 13.4. The summed E-state index contributed by atoms with van der Waals surface area (Å²) in [5, 5.41) is 13.8. The molecule has 6 nitrogen and oxygen atoms in total. The number of hydrogen-bond acceptors (Lipinski definition) is 4. The van der Waals surface area contributed by atoms with E-state index >= 15 is 0 Å². The first-order valence-corrected chi connectivity index (χ1v) is 7.29. The molecule has 1 fully saturated rings. The average Bonchev–Trinajstić information content (AvgIpc) is 2.47. The van der Waals surface area contributed by atoms with Crippen molar-refractivity contribution in [1.82, 2.24) is 5.32 Å². The fourth-order valence-corrected chi connectivity index (χ4v) is 2.94. The number of non-ortho nitro benzene ring substituents is 1. The summed E-state index contributed by atoms with van der Waals surface area (Å²) in [7, 11) is 0. The third kappa shape index (κ3) is 4.18. The lowest BCUT2D eigenvalue weighted by Gasteiger charge is -2.31. The van der Waals surface area contributed by atoms with Gasteiger partial charge in [-0.1, -0.05) is 12.8 Å². The first kappa shape index (κ1) is 18.4. The van der Waals surface area contributed by atoms with Gasteiger partial charge in [-0.25, -0.2) is 0 Å². The minimum atomic E-state index is -0.458. The Morgan fingerprint density at radius 3 is 2.68 bits per heavy atom. The number of nitrogens with two attached hydrogens (primary N) is 1. The van der Waals surface area contributed by atoms with Crippen LogP contribution >= 0.6 is 12.4 Å². The monoisotopic (exact) mass is 327 g/mol. The van der Waals surface area contributed by atoms with E-state index in [1.807, 2.05) is 0 Å². The highest BCUT2D eigenvalue weighted by atomic mass is 35.5. The van der Waals surface area contributed by atoms with Crippen LogP contribution in [0, 0.1) is 23.0 Å². The Morgan fingerprint density at radius 2 is 2.09 bits per heavy atom. The van der Waals surface area contributed by atoms with Crippen LogP contribution in [0.1, 0.15) is 41.6 Å². The van der Waals surface area contributed by atoms with Crippen molar-refractivity contribution in [2.24, 2.45) is 11.7 Å². The second-order valence-electron chi connectivity index (χ2n) is 5.62. The molecule has 0 radical (unpaired) electrons. The van der Waals surface area contributed by atoms with Crippen LogP contribution in [-0.4, -0.2) is 23.4 Å². The molecule has 2 unspecified atom stereocenters. The predicted octanol–water partition coefficient (Wildman–Crippen LogP) is 2.57. The molecule has 0 aromatic heterocycles. The van der Waals surface area contributed by atoms with Gasteiger partial charge in [0, 0.05) is 23.7 Å². The number of rotatable bonds is 4. The van der Waals surface area contributed by atoms with E-state index in [1.165, 1.54) is 18.2 Å². The van der Waals surface area contributed by atoms with E-state index in [2.05, 4.69) is 5.32 Å². The Kier molecular flexibility index (Phi) is 6.77. The SMILES string of the molecule is Cc1cc([N+](=O)[O-])ccc1C(=O)NC1CCCCC1CN.Cl. The van der Waals surface area contributed by atoms with Gasteiger partial charge in [0.15, 0.2) is 0 Å². The van der Waals surface area contributed by atoms with Crippen molar-refractivity contribution in [2.45, 2.75) is 38.6 Å². The van der Waals surface area contributed by atoms with Gasteiger partial charge in [0.2, 0.25) is 0 Å². The molecule has 0 heterocycles. The van der Waals surface area contributed by atoms with Crippen LogP contribution in [0.3, 0.4) is 0 Å². The fourth-order valence-electron chi connectivity index (χ4n) is 2.94. The van der Waals surface area contributed by atoms with E-state index in [4.69, 9.17) is 5.73 Å². The van der Waals surface area contributed by atoms with Crippen molar-refractivity contribution in [2.75, 3.05) is 6.54 Å². The van der Waals surface area contributed by atoms with Crippen LogP contribution in [-0.2, 0) is 0 Å². The highest BCUT2D eigenvalue weighted by molar-refractivity contribution is 5.96. The summed E-state index contributed by atoms with van der Waals surface area (Å²) in [6.07, 6.45) is 4.24. The minimum absolute atomic E-state index is 0. The van der Waals surface area contributed by atoms with Crippen molar-refractivity contribution < 1.29 is 9.72 Å². The van der Waals surface area contributed by atoms with Gasteiger partial charge in [-0.15, -0.1) is 12.4 Å². The summed E-state index contributed by atoms with van der Waals surface area (Å²) in [4.78, 5) is 22.6. The molecule has 0 saturated heterocycles. The maximum Gasteiger partial charge on any atom is 0.269 e. The number of benzene rings is 1. The number of carbonyl (C=O) groups is 1. The molecular formula is C15H22ClN3O3. The maximum absolute atomic E-state index is 12.4. The first-order valence-electron chi connectivity index (χ1n) is 7.29. The third-order valence-corrected chi connectivity index (χ3v) is 4.19. The lowest BCUT2D eigenvalue weighted by molar-refractivity contribution is -0.384. The van der Waals surface area contributed by atoms with Crippen LogP contribution in [0.4, 0.5) is 5.69 Å². The van der Waals surface area contributed by atoms with Crippen molar-refractivity contribution >= 4 is 24.0 Å². The van der Waals surface area contributed by atoms with Gasteiger partial charge in [-0.05, 0) is 43.9 Å². The normalized spacial score (nSPS) is 20.8. The van der Waals surface area contributed by atoms with Crippen LogP contribution in [0.2, 0.25) is 0 Å². The number of nitrogens with zero attached hydrogens (tertiary/aromatic N) is 1. The predicted molar refractivity (Wildman–Crippen MR) is 87.3 cm³/mol. The van der Waals surface area contributed by atoms with E-state index in [9.17, 15) is 14.9 Å². The van der Waals surface area contributed by atoms with E-state index < -0.39 is 4.92 Å². The molecule has 2 rings (SSSR count). The van der Waals surface area contributed by atoms with Gasteiger partial charge in [-0.2, -0.15) is 0 Å². The number of aryl methyl sites for hydroxylation is 1. The standard InChI is InChI=1S/C15H21N3O3.ClH/c1-10-8-12(18(20)21)6-7-13(10)15(19)17-14-5-3-2-4-11(14)9-16;/h6-8,11,14H,2-5,9,16H2,1H3,(H,17,19);1H. The highest BCUT2D eigenvalue weighted by Crippen LogP contribution is 2.24. The van der Waals surface area contributed by atoms with Crippen LogP contribution in [0.25, 0.3) is 0 Å². The largest absolute Gasteiger partial charge is 0.349 e. The molecule has 3 N–H and O–H groups in total. The van der Waals surface area contributed by atoms with Gasteiger partial charge in [0.1, 0.15) is 0 Å². The molecule has 1 aliphatic carbocycles. The van der Waals surface area contributed by atoms with Crippen molar-refractivity contribution in [3.63, 3.8) is 0 Å². The molecule has 0 aliphatic heterocycles.